The molecule has 0 saturated heterocycles. The summed E-state index contributed by atoms with van der Waals surface area (Å²) in [4.78, 5) is 22.1. The molecule has 7 nitrogen and oxygen atoms in total. The Balaban J connectivity index is 2.19. The minimum atomic E-state index is -3.34. The van der Waals surface area contributed by atoms with Gasteiger partial charge in [0.15, 0.2) is 0 Å². The number of benzene rings is 1. The molecule has 0 aliphatic carbocycles. The molecular formula is C13H16N2O5S. The van der Waals surface area contributed by atoms with Crippen LogP contribution in [0.15, 0.2) is 18.2 Å². The monoisotopic (exact) mass is 312 g/mol. The number of hydrogen-bond donors (Lipinski definition) is 2. The number of carbonyl (C=O) groups excluding carboxylic acids is 1. The van der Waals surface area contributed by atoms with Gasteiger partial charge < -0.3 is 10.4 Å². The molecule has 1 amide bonds. The summed E-state index contributed by atoms with van der Waals surface area (Å²) < 4.78 is 24.7. The number of rotatable bonds is 5. The van der Waals surface area contributed by atoms with Gasteiger partial charge in [-0.25, -0.2) is 8.42 Å². The van der Waals surface area contributed by atoms with E-state index in [-0.39, 0.29) is 12.8 Å². The van der Waals surface area contributed by atoms with Crippen LogP contribution in [0.2, 0.25) is 0 Å². The van der Waals surface area contributed by atoms with Gasteiger partial charge in [-0.05, 0) is 18.6 Å². The van der Waals surface area contributed by atoms with Crippen LogP contribution in [-0.2, 0) is 26.0 Å². The van der Waals surface area contributed by atoms with Crippen molar-refractivity contribution in [3.05, 3.63) is 23.8 Å². The van der Waals surface area contributed by atoms with Gasteiger partial charge in [-0.15, -0.1) is 0 Å². The van der Waals surface area contributed by atoms with Gasteiger partial charge in [0.25, 0.3) is 0 Å². The van der Waals surface area contributed by atoms with E-state index in [1.807, 2.05) is 0 Å². The smallest absolute Gasteiger partial charge is 0.303 e. The van der Waals surface area contributed by atoms with Crippen molar-refractivity contribution in [2.45, 2.75) is 19.3 Å². The number of carboxylic acids is 1. The third-order valence-corrected chi connectivity index (χ3v) is 4.41. The van der Waals surface area contributed by atoms with Crippen molar-refractivity contribution in [2.75, 3.05) is 22.4 Å². The summed E-state index contributed by atoms with van der Waals surface area (Å²) in [6, 6.07) is 5.04. The van der Waals surface area contributed by atoms with E-state index < -0.39 is 21.9 Å². The lowest BCUT2D eigenvalue weighted by Crippen LogP contribution is -2.27. The molecule has 0 unspecified atom stereocenters. The summed E-state index contributed by atoms with van der Waals surface area (Å²) >= 11 is 0. The second-order valence-electron chi connectivity index (χ2n) is 4.83. The zero-order valence-electron chi connectivity index (χ0n) is 11.5. The highest BCUT2D eigenvalue weighted by Crippen LogP contribution is 2.35. The maximum absolute atomic E-state index is 11.7. The highest BCUT2D eigenvalue weighted by Gasteiger charge is 2.28. The van der Waals surface area contributed by atoms with Crippen LogP contribution in [0.25, 0.3) is 0 Å². The van der Waals surface area contributed by atoms with E-state index in [0.717, 1.165) is 11.8 Å². The molecular weight excluding hydrogens is 296 g/mol. The van der Waals surface area contributed by atoms with Crippen molar-refractivity contribution in [1.29, 1.82) is 0 Å². The number of carbonyl (C=O) groups is 2. The van der Waals surface area contributed by atoms with E-state index in [1.54, 1.807) is 18.2 Å². The quantitative estimate of drug-likeness (QED) is 0.837. The molecule has 1 aromatic rings. The van der Waals surface area contributed by atoms with Gasteiger partial charge in [0.2, 0.25) is 15.9 Å². The number of sulfonamides is 1. The Labute approximate surface area is 122 Å². The van der Waals surface area contributed by atoms with Crippen LogP contribution in [-0.4, -0.2) is 38.2 Å². The first-order chi connectivity index (χ1) is 9.79. The summed E-state index contributed by atoms with van der Waals surface area (Å²) in [5.74, 6) is -1.43. The van der Waals surface area contributed by atoms with Gasteiger partial charge >= 0.3 is 5.97 Å². The van der Waals surface area contributed by atoms with Crippen LogP contribution in [0.4, 0.5) is 11.4 Å². The molecule has 21 heavy (non-hydrogen) atoms. The summed E-state index contributed by atoms with van der Waals surface area (Å²) in [6.07, 6.45) is 1.29. The Morgan fingerprint density at radius 3 is 2.67 bits per heavy atom. The average molecular weight is 312 g/mol. The lowest BCUT2D eigenvalue weighted by Gasteiger charge is -2.17. The molecule has 0 atom stereocenters. The largest absolute Gasteiger partial charge is 0.481 e. The molecule has 0 radical (unpaired) electrons. The van der Waals surface area contributed by atoms with Crippen molar-refractivity contribution in [3.8, 4) is 0 Å². The SMILES string of the molecule is CS(=O)(=O)N1CCc2c(NC(=O)CCC(=O)O)cccc21. The van der Waals surface area contributed by atoms with Crippen LogP contribution in [0, 0.1) is 0 Å². The minimum absolute atomic E-state index is 0.116. The van der Waals surface area contributed by atoms with Gasteiger partial charge in [-0.1, -0.05) is 6.07 Å². The summed E-state index contributed by atoms with van der Waals surface area (Å²) in [5.41, 5.74) is 1.86. The fourth-order valence-corrected chi connectivity index (χ4v) is 3.25. The van der Waals surface area contributed by atoms with Gasteiger partial charge in [-0.2, -0.15) is 0 Å². The molecule has 0 spiro atoms. The first-order valence-corrected chi connectivity index (χ1v) is 8.25. The molecule has 0 aromatic heterocycles. The maximum atomic E-state index is 11.7. The zero-order valence-corrected chi connectivity index (χ0v) is 12.3. The zero-order chi connectivity index (χ0) is 15.6. The molecule has 2 rings (SSSR count). The van der Waals surface area contributed by atoms with E-state index in [0.29, 0.717) is 24.3 Å². The molecule has 1 aromatic carbocycles. The third kappa shape index (κ3) is 3.52. The number of anilines is 2. The van der Waals surface area contributed by atoms with Crippen molar-refractivity contribution < 1.29 is 23.1 Å². The van der Waals surface area contributed by atoms with Crippen LogP contribution in [0.5, 0.6) is 0 Å². The highest BCUT2D eigenvalue weighted by atomic mass is 32.2. The number of aliphatic carboxylic acids is 1. The minimum Gasteiger partial charge on any atom is -0.481 e. The van der Waals surface area contributed by atoms with E-state index in [9.17, 15) is 18.0 Å². The molecule has 0 bridgehead atoms. The highest BCUT2D eigenvalue weighted by molar-refractivity contribution is 7.92. The van der Waals surface area contributed by atoms with Crippen LogP contribution in [0.3, 0.4) is 0 Å². The first kappa shape index (κ1) is 15.3. The van der Waals surface area contributed by atoms with Gasteiger partial charge in [0, 0.05) is 24.2 Å². The number of nitrogens with one attached hydrogen (secondary N) is 1. The van der Waals surface area contributed by atoms with Crippen LogP contribution < -0.4 is 9.62 Å². The summed E-state index contributed by atoms with van der Waals surface area (Å²) in [5, 5.41) is 11.2. The third-order valence-electron chi connectivity index (χ3n) is 3.23. The summed E-state index contributed by atoms with van der Waals surface area (Å²) in [7, 11) is -3.34. The lowest BCUT2D eigenvalue weighted by atomic mass is 10.1. The predicted molar refractivity (Wildman–Crippen MR) is 77.8 cm³/mol. The number of fused-ring (bicyclic) bond motifs is 1. The predicted octanol–water partition coefficient (Wildman–Crippen LogP) is 0.812. The second kappa shape index (κ2) is 5.72. The Morgan fingerprint density at radius 2 is 2.05 bits per heavy atom. The second-order valence-corrected chi connectivity index (χ2v) is 6.74. The molecule has 114 valence electrons. The Morgan fingerprint density at radius 1 is 1.33 bits per heavy atom. The Hall–Kier alpha value is -2.09. The molecule has 1 aliphatic rings. The molecule has 1 aliphatic heterocycles. The number of carboxylic acid groups (broad SMARTS) is 1. The topological polar surface area (TPSA) is 104 Å². The standard InChI is InChI=1S/C13H16N2O5S/c1-21(19,20)15-8-7-9-10(3-2-4-11(9)15)14-12(16)5-6-13(17)18/h2-4H,5-8H2,1H3,(H,14,16)(H,17,18). The Kier molecular flexibility index (Phi) is 4.17. The van der Waals surface area contributed by atoms with E-state index in [4.69, 9.17) is 5.11 Å². The normalized spacial score (nSPS) is 13.9. The van der Waals surface area contributed by atoms with Crippen molar-refractivity contribution in [3.63, 3.8) is 0 Å². The summed E-state index contributed by atoms with van der Waals surface area (Å²) in [6.45, 7) is 0.343. The van der Waals surface area contributed by atoms with Crippen molar-refractivity contribution >= 4 is 33.3 Å². The molecule has 8 heteroatoms. The fraction of sp³-hybridized carbons (Fsp3) is 0.385. The lowest BCUT2D eigenvalue weighted by molar-refractivity contribution is -0.138. The molecule has 2 N–H and O–H groups in total. The number of hydrogen-bond acceptors (Lipinski definition) is 4. The van der Waals surface area contributed by atoms with Crippen LogP contribution >= 0.6 is 0 Å². The Bertz CT molecular complexity index is 684. The van der Waals surface area contributed by atoms with E-state index in [1.165, 1.54) is 4.31 Å². The molecule has 0 fully saturated rings. The fourth-order valence-electron chi connectivity index (χ4n) is 2.30. The van der Waals surface area contributed by atoms with Crippen molar-refractivity contribution in [1.82, 2.24) is 0 Å². The average Bonchev–Trinajstić information content (AvgIpc) is 2.81. The number of amides is 1. The molecule has 1 heterocycles. The van der Waals surface area contributed by atoms with E-state index >= 15 is 0 Å². The molecule has 0 saturated carbocycles. The van der Waals surface area contributed by atoms with Gasteiger partial charge in [-0.3, -0.25) is 13.9 Å². The maximum Gasteiger partial charge on any atom is 0.303 e. The van der Waals surface area contributed by atoms with Crippen LogP contribution in [0.1, 0.15) is 18.4 Å². The van der Waals surface area contributed by atoms with Gasteiger partial charge in [0.05, 0.1) is 18.4 Å². The van der Waals surface area contributed by atoms with E-state index in [2.05, 4.69) is 5.32 Å². The van der Waals surface area contributed by atoms with Crippen molar-refractivity contribution in [2.24, 2.45) is 0 Å². The number of nitrogens with zero attached hydrogens (tertiary/aromatic N) is 1. The van der Waals surface area contributed by atoms with Gasteiger partial charge in [0.1, 0.15) is 0 Å². The first-order valence-electron chi connectivity index (χ1n) is 6.40.